The van der Waals surface area contributed by atoms with Crippen LogP contribution in [0.25, 0.3) is 90.9 Å². The topological polar surface area (TPSA) is 286 Å². The smallest absolute Gasteiger partial charge is 0.744 e. The van der Waals surface area contributed by atoms with Crippen LogP contribution in [0.3, 0.4) is 0 Å². The van der Waals surface area contributed by atoms with Gasteiger partial charge in [0.15, 0.2) is 0 Å². The van der Waals surface area contributed by atoms with Gasteiger partial charge in [0, 0.05) is 44.3 Å². The predicted molar refractivity (Wildman–Crippen MR) is 270 cm³/mol. The first-order valence-corrected chi connectivity index (χ1v) is 27.6. The van der Waals surface area contributed by atoms with E-state index in [1.807, 2.05) is 0 Å². The molecule has 7 aromatic rings. The number of rotatable bonds is 8. The number of hydrogen-bond acceptors (Lipinski definition) is 14. The molecular formula is C52H42MnN4O12S4. The Labute approximate surface area is 432 Å². The van der Waals surface area contributed by atoms with Crippen molar-refractivity contribution in [1.29, 1.82) is 0 Å². The maximum atomic E-state index is 12.8. The molecule has 4 aromatic carbocycles. The molecule has 9 rings (SSSR count). The Kier molecular flexibility index (Phi) is 13.4. The van der Waals surface area contributed by atoms with Crippen molar-refractivity contribution < 1.29 is 69.0 Å². The third-order valence-corrected chi connectivity index (χ3v) is 17.2. The molecule has 3 aromatic heterocycles. The van der Waals surface area contributed by atoms with Gasteiger partial charge in [0.2, 0.25) is 0 Å². The molecule has 373 valence electrons. The molecule has 0 fully saturated rings. The molecule has 0 spiro atoms. The van der Waals surface area contributed by atoms with Crippen LogP contribution in [0.2, 0.25) is 0 Å². The minimum atomic E-state index is -5.02. The van der Waals surface area contributed by atoms with Crippen molar-refractivity contribution in [3.05, 3.63) is 140 Å². The van der Waals surface area contributed by atoms with Crippen LogP contribution in [0.1, 0.15) is 67.3 Å². The molecule has 0 saturated heterocycles. The van der Waals surface area contributed by atoms with Crippen molar-refractivity contribution in [3.8, 4) is 44.5 Å². The third kappa shape index (κ3) is 9.24. The number of nitrogens with zero attached hydrogens (tertiary/aromatic N) is 2. The van der Waals surface area contributed by atoms with Gasteiger partial charge in [-0.3, -0.25) is 0 Å². The molecule has 0 unspecified atom stereocenters. The van der Waals surface area contributed by atoms with Gasteiger partial charge in [-0.2, -0.15) is 0 Å². The zero-order valence-electron chi connectivity index (χ0n) is 40.0. The van der Waals surface area contributed by atoms with E-state index < -0.39 is 60.1 Å². The quantitative estimate of drug-likeness (QED) is 0.106. The molecule has 8 bridgehead atoms. The summed E-state index contributed by atoms with van der Waals surface area (Å²) in [7, 11) is -20.1. The Balaban J connectivity index is 0.00000711. The van der Waals surface area contributed by atoms with E-state index in [2.05, 4.69) is 9.97 Å². The number of H-pyrrole nitrogens is 2. The van der Waals surface area contributed by atoms with Crippen molar-refractivity contribution in [2.45, 2.75) is 75.0 Å². The van der Waals surface area contributed by atoms with Gasteiger partial charge in [-0.15, -0.1) is 0 Å². The van der Waals surface area contributed by atoms with E-state index in [1.54, 1.807) is 76.3 Å². The van der Waals surface area contributed by atoms with Gasteiger partial charge in [-0.25, -0.2) is 43.6 Å². The number of benzene rings is 4. The van der Waals surface area contributed by atoms with Crippen molar-refractivity contribution in [1.82, 2.24) is 19.9 Å². The number of aromatic amines is 2. The van der Waals surface area contributed by atoms with E-state index in [1.165, 1.54) is 76.2 Å². The summed E-state index contributed by atoms with van der Waals surface area (Å²) in [5, 5.41) is 0. The summed E-state index contributed by atoms with van der Waals surface area (Å²) in [5.74, 6) is 0. The number of aromatic nitrogens is 4. The Morgan fingerprint density at radius 1 is 0.315 bits per heavy atom. The SMILES string of the molecule is Cc1ccc(S(=O)(=O)[O-])c(C)c1-c1c2nc(c(-c3c(C)ccc(S(=O)(=O)[O-])c3C)c3ccc([nH]3)c(-c3c(C)ccc(S(=O)(=O)[O-])c3C)c3nc(c(-c4c(C)ccc(S(=O)(=O)[O-])c4C)c4ccc1[nH]4)C=C3)C=C2.[Mn+4]. The Morgan fingerprint density at radius 3 is 0.685 bits per heavy atom. The molecule has 73 heavy (non-hydrogen) atoms. The molecule has 0 amide bonds. The summed E-state index contributed by atoms with van der Waals surface area (Å²) in [4.78, 5) is 15.3. The van der Waals surface area contributed by atoms with Crippen LogP contribution < -0.4 is 0 Å². The first-order chi connectivity index (χ1) is 33.6. The molecule has 0 atom stereocenters. The van der Waals surface area contributed by atoms with Crippen LogP contribution in [0, 0.1) is 55.4 Å². The zero-order chi connectivity index (χ0) is 52.3. The van der Waals surface area contributed by atoms with Gasteiger partial charge in [-0.05, 0) is 195 Å². The van der Waals surface area contributed by atoms with Crippen molar-refractivity contribution in [2.75, 3.05) is 0 Å². The van der Waals surface area contributed by atoms with Crippen LogP contribution in [0.15, 0.2) is 92.4 Å². The Hall–Kier alpha value is -6.36. The van der Waals surface area contributed by atoms with Crippen LogP contribution in [-0.4, -0.2) is 71.8 Å². The minimum absolute atomic E-state index is 0. The Bertz CT molecular complexity index is 3770. The molecular weight excluding hydrogens is 1060 g/mol. The first kappa shape index (κ1) is 52.9. The Morgan fingerprint density at radius 2 is 0.507 bits per heavy atom. The minimum Gasteiger partial charge on any atom is -0.744 e. The van der Waals surface area contributed by atoms with E-state index in [4.69, 9.17) is 9.97 Å². The molecule has 16 nitrogen and oxygen atoms in total. The summed E-state index contributed by atoms with van der Waals surface area (Å²) in [6.07, 6.45) is 6.64. The van der Waals surface area contributed by atoms with Crippen LogP contribution >= 0.6 is 0 Å². The molecule has 0 saturated carbocycles. The number of fused-ring (bicyclic) bond motifs is 8. The van der Waals surface area contributed by atoms with Crippen LogP contribution in [0.4, 0.5) is 0 Å². The molecule has 21 heteroatoms. The maximum Gasteiger partial charge on any atom is 4.00 e. The summed E-state index contributed by atoms with van der Waals surface area (Å²) < 4.78 is 153. The average molecular weight is 1100 g/mol. The molecule has 1 radical (unpaired) electrons. The average Bonchev–Trinajstić information content (AvgIpc) is 4.11. The van der Waals surface area contributed by atoms with E-state index in [-0.39, 0.29) is 62.1 Å². The van der Waals surface area contributed by atoms with Crippen molar-refractivity contribution in [2.24, 2.45) is 0 Å². The van der Waals surface area contributed by atoms with Gasteiger partial charge < -0.3 is 28.2 Å². The summed E-state index contributed by atoms with van der Waals surface area (Å²) in [5.41, 5.74) is 7.64. The van der Waals surface area contributed by atoms with Crippen LogP contribution in [-0.2, 0) is 57.5 Å². The number of aryl methyl sites for hydroxylation is 4. The summed E-state index contributed by atoms with van der Waals surface area (Å²) in [6.45, 7) is 12.9. The molecule has 5 heterocycles. The largest absolute Gasteiger partial charge is 4.00 e. The second-order valence-electron chi connectivity index (χ2n) is 17.8. The zero-order valence-corrected chi connectivity index (χ0v) is 44.5. The maximum absolute atomic E-state index is 12.8. The van der Waals surface area contributed by atoms with Crippen LogP contribution in [0.5, 0.6) is 0 Å². The van der Waals surface area contributed by atoms with E-state index >= 15 is 0 Å². The van der Waals surface area contributed by atoms with Gasteiger partial charge in [-0.1, -0.05) is 24.3 Å². The monoisotopic (exact) mass is 1100 g/mol. The van der Waals surface area contributed by atoms with Gasteiger partial charge >= 0.3 is 17.1 Å². The number of hydrogen-bond donors (Lipinski definition) is 2. The van der Waals surface area contributed by atoms with E-state index in [0.717, 1.165) is 0 Å². The summed E-state index contributed by atoms with van der Waals surface area (Å²) >= 11 is 0. The second kappa shape index (κ2) is 18.5. The van der Waals surface area contributed by atoms with Crippen molar-refractivity contribution >= 4 is 86.8 Å². The fourth-order valence-electron chi connectivity index (χ4n) is 10.2. The fourth-order valence-corrected chi connectivity index (χ4v) is 13.0. The molecule has 2 aliphatic rings. The van der Waals surface area contributed by atoms with Crippen molar-refractivity contribution in [3.63, 3.8) is 0 Å². The molecule has 2 aliphatic heterocycles. The second-order valence-corrected chi connectivity index (χ2v) is 23.2. The van der Waals surface area contributed by atoms with Gasteiger partial charge in [0.05, 0.1) is 42.4 Å². The first-order valence-electron chi connectivity index (χ1n) is 22.0. The van der Waals surface area contributed by atoms with E-state index in [0.29, 0.717) is 88.8 Å². The van der Waals surface area contributed by atoms with E-state index in [9.17, 15) is 51.9 Å². The normalized spacial score (nSPS) is 12.9. The standard InChI is InChI=1S/C52H46N4O12S4.Mn/c1-25-9-21-41(69(57,58)59)29(5)45(25)49-33-13-15-35(53-33)50(46-26(2)10-22-42(30(46)6)70(60,61)62)37-17-19-39(55-37)52(48-28(4)12-24-44(32(48)8)72(66,67)68)40-20-18-38(56-40)51(36-16-14-34(49)54-36)47-27(3)11-23-43(31(47)7)71(63,64)65;/h9-24,53,56H,1-8H3,(H,57,58,59)(H,60,61,62)(H,63,64,65)(H,66,67,68);/q;+4/p-4. The van der Waals surface area contributed by atoms with Gasteiger partial charge in [0.25, 0.3) is 0 Å². The third-order valence-electron chi connectivity index (χ3n) is 13.3. The number of nitrogens with one attached hydrogen (secondary N) is 2. The summed E-state index contributed by atoms with van der Waals surface area (Å²) in [6, 6.07) is 17.7. The fraction of sp³-hybridized carbons (Fsp3) is 0.154. The predicted octanol–water partition coefficient (Wildman–Crippen LogP) is 9.40. The van der Waals surface area contributed by atoms with Gasteiger partial charge in [0.1, 0.15) is 40.5 Å². The molecule has 0 aliphatic carbocycles. The molecule has 2 N–H and O–H groups in total.